The number of nitrogens with zero attached hydrogens (tertiary/aromatic N) is 1. The van der Waals surface area contributed by atoms with E-state index in [9.17, 15) is 0 Å². The second-order valence-corrected chi connectivity index (χ2v) is 5.27. The molecule has 1 aliphatic rings. The van der Waals surface area contributed by atoms with Crippen molar-refractivity contribution in [3.63, 3.8) is 0 Å². The number of rotatable bonds is 8. The molecule has 0 unspecified atom stereocenters. The van der Waals surface area contributed by atoms with E-state index in [2.05, 4.69) is 15.6 Å². The summed E-state index contributed by atoms with van der Waals surface area (Å²) in [6, 6.07) is 0. The fraction of sp³-hybridized carbons (Fsp3) is 0.933. The fourth-order valence-electron chi connectivity index (χ4n) is 2.68. The molecule has 0 aliphatic heterocycles. The van der Waals surface area contributed by atoms with Crippen LogP contribution < -0.4 is 10.6 Å². The number of guanidine groups is 1. The molecule has 0 aromatic rings. The van der Waals surface area contributed by atoms with Gasteiger partial charge in [0, 0.05) is 26.7 Å². The van der Waals surface area contributed by atoms with Crippen LogP contribution in [0.1, 0.15) is 51.9 Å². The lowest BCUT2D eigenvalue weighted by Crippen LogP contribution is -2.39. The van der Waals surface area contributed by atoms with Crippen LogP contribution in [-0.2, 0) is 4.74 Å². The Morgan fingerprint density at radius 2 is 1.89 bits per heavy atom. The van der Waals surface area contributed by atoms with Gasteiger partial charge in [-0.05, 0) is 25.7 Å². The Labute approximate surface area is 118 Å². The third-order valence-corrected chi connectivity index (χ3v) is 3.77. The highest BCUT2D eigenvalue weighted by Crippen LogP contribution is 2.26. The number of hydrogen-bond donors (Lipinski definition) is 2. The maximum atomic E-state index is 5.29. The van der Waals surface area contributed by atoms with Gasteiger partial charge in [0.2, 0.25) is 0 Å². The first-order valence-corrected chi connectivity index (χ1v) is 7.89. The van der Waals surface area contributed by atoms with Gasteiger partial charge in [-0.1, -0.05) is 32.1 Å². The fourth-order valence-corrected chi connectivity index (χ4v) is 2.68. The van der Waals surface area contributed by atoms with E-state index >= 15 is 0 Å². The van der Waals surface area contributed by atoms with Crippen molar-refractivity contribution in [2.24, 2.45) is 10.9 Å². The zero-order valence-electron chi connectivity index (χ0n) is 12.7. The van der Waals surface area contributed by atoms with E-state index < -0.39 is 0 Å². The van der Waals surface area contributed by atoms with Crippen molar-refractivity contribution < 1.29 is 4.74 Å². The summed E-state index contributed by atoms with van der Waals surface area (Å²) in [5, 5.41) is 6.63. The number of nitrogens with one attached hydrogen (secondary N) is 2. The van der Waals surface area contributed by atoms with Crippen molar-refractivity contribution in [2.45, 2.75) is 51.9 Å². The van der Waals surface area contributed by atoms with Crippen LogP contribution in [0.15, 0.2) is 4.99 Å². The molecule has 1 aliphatic carbocycles. The van der Waals surface area contributed by atoms with E-state index in [1.165, 1.54) is 44.9 Å². The SMILES string of the molecule is CCOCCNC(=NC)NCCCC1CCCCC1. The summed E-state index contributed by atoms with van der Waals surface area (Å²) in [5.74, 6) is 1.87. The molecule has 0 heterocycles. The Hall–Kier alpha value is -0.770. The summed E-state index contributed by atoms with van der Waals surface area (Å²) in [6.07, 6.45) is 9.84. The van der Waals surface area contributed by atoms with E-state index in [0.29, 0.717) is 0 Å². The average molecular weight is 269 g/mol. The molecule has 0 saturated heterocycles. The molecule has 0 radical (unpaired) electrons. The highest BCUT2D eigenvalue weighted by molar-refractivity contribution is 5.79. The van der Waals surface area contributed by atoms with E-state index in [-0.39, 0.29) is 0 Å². The van der Waals surface area contributed by atoms with Crippen molar-refractivity contribution in [3.8, 4) is 0 Å². The van der Waals surface area contributed by atoms with E-state index in [0.717, 1.165) is 38.2 Å². The third-order valence-electron chi connectivity index (χ3n) is 3.77. The minimum Gasteiger partial charge on any atom is -0.380 e. The molecular weight excluding hydrogens is 238 g/mol. The van der Waals surface area contributed by atoms with E-state index in [1.807, 2.05) is 14.0 Å². The van der Waals surface area contributed by atoms with Crippen molar-refractivity contribution in [1.29, 1.82) is 0 Å². The molecule has 0 bridgehead atoms. The van der Waals surface area contributed by atoms with Crippen LogP contribution in [0.5, 0.6) is 0 Å². The molecule has 112 valence electrons. The lowest BCUT2D eigenvalue weighted by molar-refractivity contribution is 0.152. The van der Waals surface area contributed by atoms with Gasteiger partial charge in [0.15, 0.2) is 5.96 Å². The van der Waals surface area contributed by atoms with Crippen LogP contribution in [0.2, 0.25) is 0 Å². The summed E-state index contributed by atoms with van der Waals surface area (Å²) < 4.78 is 5.29. The van der Waals surface area contributed by atoms with Crippen LogP contribution >= 0.6 is 0 Å². The van der Waals surface area contributed by atoms with E-state index in [4.69, 9.17) is 4.74 Å². The largest absolute Gasteiger partial charge is 0.380 e. The molecule has 0 aromatic heterocycles. The second kappa shape index (κ2) is 11.1. The third kappa shape index (κ3) is 8.09. The van der Waals surface area contributed by atoms with Crippen molar-refractivity contribution >= 4 is 5.96 Å². The number of aliphatic imine (C=N–C) groups is 1. The Morgan fingerprint density at radius 1 is 1.16 bits per heavy atom. The van der Waals surface area contributed by atoms with Crippen LogP contribution in [-0.4, -0.2) is 39.3 Å². The summed E-state index contributed by atoms with van der Waals surface area (Å²) in [7, 11) is 1.82. The highest BCUT2D eigenvalue weighted by atomic mass is 16.5. The number of hydrogen-bond acceptors (Lipinski definition) is 2. The summed E-state index contributed by atoms with van der Waals surface area (Å²) in [6.45, 7) is 5.35. The molecule has 0 spiro atoms. The topological polar surface area (TPSA) is 45.6 Å². The van der Waals surface area contributed by atoms with Crippen molar-refractivity contribution in [1.82, 2.24) is 10.6 Å². The van der Waals surface area contributed by atoms with Gasteiger partial charge in [-0.25, -0.2) is 0 Å². The molecule has 1 saturated carbocycles. The predicted octanol–water partition coefficient (Wildman–Crippen LogP) is 2.55. The second-order valence-electron chi connectivity index (χ2n) is 5.27. The van der Waals surface area contributed by atoms with Gasteiger partial charge >= 0.3 is 0 Å². The summed E-state index contributed by atoms with van der Waals surface area (Å²) in [4.78, 5) is 4.21. The van der Waals surface area contributed by atoms with Crippen LogP contribution in [0.4, 0.5) is 0 Å². The number of ether oxygens (including phenoxy) is 1. The molecular formula is C15H31N3O. The molecule has 19 heavy (non-hydrogen) atoms. The molecule has 4 nitrogen and oxygen atoms in total. The first-order chi connectivity index (χ1) is 9.36. The lowest BCUT2D eigenvalue weighted by Gasteiger charge is -2.21. The predicted molar refractivity (Wildman–Crippen MR) is 81.7 cm³/mol. The van der Waals surface area contributed by atoms with Gasteiger partial charge in [0.25, 0.3) is 0 Å². The van der Waals surface area contributed by atoms with Gasteiger partial charge in [0.05, 0.1) is 6.61 Å². The smallest absolute Gasteiger partial charge is 0.191 e. The first kappa shape index (κ1) is 16.3. The van der Waals surface area contributed by atoms with Crippen LogP contribution in [0.3, 0.4) is 0 Å². The average Bonchev–Trinajstić information content (AvgIpc) is 2.46. The van der Waals surface area contributed by atoms with Gasteiger partial charge < -0.3 is 15.4 Å². The Morgan fingerprint density at radius 3 is 2.58 bits per heavy atom. The maximum Gasteiger partial charge on any atom is 0.191 e. The Bertz CT molecular complexity index is 238. The Balaban J connectivity index is 1.99. The standard InChI is InChI=1S/C15H31N3O/c1-3-19-13-12-18-15(16-2)17-11-7-10-14-8-5-4-6-9-14/h14H,3-13H2,1-2H3,(H2,16,17,18). The van der Waals surface area contributed by atoms with Gasteiger partial charge in [-0.2, -0.15) is 0 Å². The van der Waals surface area contributed by atoms with E-state index in [1.54, 1.807) is 0 Å². The van der Waals surface area contributed by atoms with Crippen LogP contribution in [0, 0.1) is 5.92 Å². The zero-order valence-corrected chi connectivity index (χ0v) is 12.7. The normalized spacial score (nSPS) is 17.5. The zero-order chi connectivity index (χ0) is 13.8. The van der Waals surface area contributed by atoms with Gasteiger partial charge in [0.1, 0.15) is 0 Å². The molecule has 0 aromatic carbocycles. The summed E-state index contributed by atoms with van der Waals surface area (Å²) >= 11 is 0. The lowest BCUT2D eigenvalue weighted by atomic mass is 9.86. The van der Waals surface area contributed by atoms with Crippen molar-refractivity contribution in [3.05, 3.63) is 0 Å². The maximum absolute atomic E-state index is 5.29. The molecule has 2 N–H and O–H groups in total. The first-order valence-electron chi connectivity index (χ1n) is 7.89. The van der Waals surface area contributed by atoms with Gasteiger partial charge in [-0.3, -0.25) is 4.99 Å². The molecule has 0 atom stereocenters. The monoisotopic (exact) mass is 269 g/mol. The Kier molecular flexibility index (Phi) is 9.51. The quantitative estimate of drug-likeness (QED) is 0.404. The van der Waals surface area contributed by atoms with Crippen molar-refractivity contribution in [2.75, 3.05) is 33.4 Å². The minimum absolute atomic E-state index is 0.735. The van der Waals surface area contributed by atoms with Crippen LogP contribution in [0.25, 0.3) is 0 Å². The molecule has 1 fully saturated rings. The minimum atomic E-state index is 0.735. The highest BCUT2D eigenvalue weighted by Gasteiger charge is 2.12. The molecule has 0 amide bonds. The molecule has 4 heteroatoms. The van der Waals surface area contributed by atoms with Gasteiger partial charge in [-0.15, -0.1) is 0 Å². The summed E-state index contributed by atoms with van der Waals surface area (Å²) in [5.41, 5.74) is 0. The molecule has 1 rings (SSSR count).